The highest BCUT2D eigenvalue weighted by atomic mass is 16.7. The summed E-state index contributed by atoms with van der Waals surface area (Å²) < 4.78 is 46.2. The van der Waals surface area contributed by atoms with Gasteiger partial charge in [0.05, 0.1) is 59.9 Å². The molecule has 1 unspecified atom stereocenters. The maximum absolute atomic E-state index is 14.6. The highest BCUT2D eigenvalue weighted by molar-refractivity contribution is 5.88. The Morgan fingerprint density at radius 1 is 0.971 bits per heavy atom. The molecule has 0 bridgehead atoms. The van der Waals surface area contributed by atoms with Crippen LogP contribution in [-0.2, 0) is 55.8 Å². The minimum absolute atomic E-state index is 0.0933. The molecule has 0 radical (unpaired) electrons. The van der Waals surface area contributed by atoms with Crippen molar-refractivity contribution in [1.82, 2.24) is 19.9 Å². The minimum Gasteiger partial charge on any atom is -0.492 e. The van der Waals surface area contributed by atoms with Crippen LogP contribution in [0.4, 0.5) is 5.69 Å². The Kier molecular flexibility index (Phi) is 19.6. The number of rotatable bonds is 15. The molecule has 3 saturated heterocycles. The third-order valence-electron chi connectivity index (χ3n) is 15.6. The molecule has 5 N–H and O–H groups in total. The monoisotopic (exact) mass is 990 g/mol. The van der Waals surface area contributed by atoms with E-state index in [4.69, 9.17) is 33.2 Å². The summed E-state index contributed by atoms with van der Waals surface area (Å²) in [7, 11) is 4.98. The van der Waals surface area contributed by atoms with Crippen molar-refractivity contribution in [1.29, 1.82) is 0 Å². The number of cyclic esters (lactones) is 1. The summed E-state index contributed by atoms with van der Waals surface area (Å²) in [6.07, 6.45) is -5.57. The van der Waals surface area contributed by atoms with Gasteiger partial charge >= 0.3 is 5.97 Å². The van der Waals surface area contributed by atoms with E-state index in [2.05, 4.69) is 20.5 Å². The molecule has 1 aromatic heterocycles. The molecular formula is C51H83N5O14. The van der Waals surface area contributed by atoms with Crippen LogP contribution in [-0.4, -0.2) is 170 Å². The van der Waals surface area contributed by atoms with Crippen molar-refractivity contribution in [2.45, 2.75) is 193 Å². The van der Waals surface area contributed by atoms with Gasteiger partial charge < -0.3 is 63.8 Å². The van der Waals surface area contributed by atoms with E-state index < -0.39 is 107 Å². The third kappa shape index (κ3) is 13.1. The molecule has 19 heteroatoms. The summed E-state index contributed by atoms with van der Waals surface area (Å²) in [6.45, 7) is 20.1. The minimum atomic E-state index is -1.98. The van der Waals surface area contributed by atoms with Crippen LogP contribution in [0.2, 0.25) is 0 Å². The number of ether oxygens (including phenoxy) is 7. The van der Waals surface area contributed by atoms with Crippen molar-refractivity contribution >= 4 is 23.3 Å². The van der Waals surface area contributed by atoms with Crippen molar-refractivity contribution < 1.29 is 68.0 Å². The van der Waals surface area contributed by atoms with E-state index in [1.54, 1.807) is 64.4 Å². The Morgan fingerprint density at radius 3 is 2.30 bits per heavy atom. The number of hydrogen-bond acceptors (Lipinski definition) is 17. The Bertz CT molecular complexity index is 2040. The first-order valence-electron chi connectivity index (χ1n) is 25.0. The zero-order valence-corrected chi connectivity index (χ0v) is 43.9. The lowest BCUT2D eigenvalue weighted by Gasteiger charge is -2.52. The fourth-order valence-electron chi connectivity index (χ4n) is 11.2. The van der Waals surface area contributed by atoms with Crippen molar-refractivity contribution in [3.63, 3.8) is 0 Å². The number of amides is 1. The first-order chi connectivity index (χ1) is 32.8. The molecule has 0 aliphatic carbocycles. The first-order valence-corrected chi connectivity index (χ1v) is 25.0. The summed E-state index contributed by atoms with van der Waals surface area (Å²) in [5.74, 6) is -4.63. The van der Waals surface area contributed by atoms with Gasteiger partial charge in [0.2, 0.25) is 5.91 Å². The fraction of sp³-hybridized carbons (Fsp3) is 0.784. The molecule has 70 heavy (non-hydrogen) atoms. The molecule has 3 aliphatic rings. The normalized spacial score (nSPS) is 39.3. The van der Waals surface area contributed by atoms with Gasteiger partial charge in [0.1, 0.15) is 42.1 Å². The Balaban J connectivity index is 1.42. The molecule has 396 valence electrons. The molecule has 4 heterocycles. The number of aliphatic hydroxyl groups is 4. The second-order valence-electron chi connectivity index (χ2n) is 21.0. The standard InChI is InChI=1S/C51H83N5O14/c1-15-40-51(11,63)44(60)32(6)42(58)28(2)25-50(10,65-14)46(30(4)41(31(5)47(62)69-40)39-26-49(9,64-13)45(61)33(7)68-39)70-48-43(59)38(23-29(3)67-48)55(12)20-19-36-27-56(54-53-36)21-22-66-37-18-16-17-35(24-37)52-34(8)57/h16-18,24,27-33,38-41,43-46,48,59-61,63H,15,19-23,25-26H2,1-14H3,(H,52,57)/t28-,29-,30+,31-,32+,33+,38+,39?,40-,41+,43-,44-,45+,46-,48+,49-,50-,51-/m1/s1. The van der Waals surface area contributed by atoms with E-state index in [0.717, 1.165) is 5.69 Å². The van der Waals surface area contributed by atoms with Gasteiger partial charge in [-0.1, -0.05) is 45.9 Å². The number of anilines is 1. The van der Waals surface area contributed by atoms with Gasteiger partial charge in [-0.05, 0) is 79.0 Å². The summed E-state index contributed by atoms with van der Waals surface area (Å²) in [5.41, 5.74) is -2.94. The molecule has 1 aromatic carbocycles. The maximum Gasteiger partial charge on any atom is 0.309 e. The van der Waals surface area contributed by atoms with E-state index >= 15 is 0 Å². The second-order valence-corrected chi connectivity index (χ2v) is 21.0. The van der Waals surface area contributed by atoms with E-state index in [0.29, 0.717) is 44.0 Å². The van der Waals surface area contributed by atoms with Crippen molar-refractivity contribution in [2.75, 3.05) is 39.7 Å². The lowest BCUT2D eigenvalue weighted by molar-refractivity contribution is -0.305. The fourth-order valence-corrected chi connectivity index (χ4v) is 11.2. The largest absolute Gasteiger partial charge is 0.492 e. The van der Waals surface area contributed by atoms with Gasteiger partial charge in [0.15, 0.2) is 6.29 Å². The molecule has 0 saturated carbocycles. The number of esters is 1. The Morgan fingerprint density at radius 2 is 1.66 bits per heavy atom. The molecule has 5 rings (SSSR count). The molecule has 2 aromatic rings. The average molecular weight is 990 g/mol. The van der Waals surface area contributed by atoms with Crippen LogP contribution >= 0.6 is 0 Å². The number of nitrogens with one attached hydrogen (secondary N) is 1. The number of methoxy groups -OCH3 is 2. The third-order valence-corrected chi connectivity index (χ3v) is 15.6. The zero-order chi connectivity index (χ0) is 52.0. The highest BCUT2D eigenvalue weighted by Gasteiger charge is 2.56. The highest BCUT2D eigenvalue weighted by Crippen LogP contribution is 2.46. The van der Waals surface area contributed by atoms with E-state index in [9.17, 15) is 34.8 Å². The van der Waals surface area contributed by atoms with Crippen LogP contribution in [0.5, 0.6) is 5.75 Å². The van der Waals surface area contributed by atoms with Crippen LogP contribution < -0.4 is 10.1 Å². The topological polar surface area (TPSA) is 243 Å². The van der Waals surface area contributed by atoms with E-state index in [-0.39, 0.29) is 37.1 Å². The van der Waals surface area contributed by atoms with Crippen molar-refractivity contribution in [3.05, 3.63) is 36.2 Å². The van der Waals surface area contributed by atoms with Crippen molar-refractivity contribution in [3.8, 4) is 5.75 Å². The predicted molar refractivity (Wildman–Crippen MR) is 259 cm³/mol. The lowest BCUT2D eigenvalue weighted by Crippen LogP contribution is -2.62. The van der Waals surface area contributed by atoms with Gasteiger partial charge in [-0.15, -0.1) is 5.10 Å². The Hall–Kier alpha value is -3.63. The number of aliphatic hydroxyl groups excluding tert-OH is 3. The van der Waals surface area contributed by atoms with Crippen LogP contribution in [0.3, 0.4) is 0 Å². The smallest absolute Gasteiger partial charge is 0.309 e. The quantitative estimate of drug-likeness (QED) is 0.159. The Labute approximate surface area is 414 Å². The SMILES string of the molecule is CC[C@H]1OC(=O)[C@H](C)[C@@H](C2C[C@@](C)(OC)[C@@H](O)[C@H](C)O2)[C@H](C)[C@@H](O[C@@H]2O[C@H](C)C[C@H](N(C)CCc3cn(CCOc4cccc(NC(C)=O)c4)nn3)[C@H]2O)[C@](C)(OC)C[C@@H](C)C(=O)[C@H](C)[C@@H](O)[C@]1(C)O. The van der Waals surface area contributed by atoms with Gasteiger partial charge in [-0.25, -0.2) is 4.68 Å². The molecule has 0 spiro atoms. The number of Topliss-reactive ketones (excluding diaryl/α,β-unsaturated/α-hetero) is 1. The average Bonchev–Trinajstić information content (AvgIpc) is 3.77. The van der Waals surface area contributed by atoms with Crippen LogP contribution in [0.1, 0.15) is 108 Å². The summed E-state index contributed by atoms with van der Waals surface area (Å²) in [5, 5.41) is 58.5. The van der Waals surface area contributed by atoms with Gasteiger partial charge in [-0.2, -0.15) is 0 Å². The van der Waals surface area contributed by atoms with Gasteiger partial charge in [0, 0.05) is 82.3 Å². The number of carbonyl (C=O) groups is 3. The molecule has 1 amide bonds. The van der Waals surface area contributed by atoms with E-state index in [1.165, 1.54) is 28.1 Å². The number of aromatic nitrogens is 3. The maximum atomic E-state index is 14.6. The molecule has 19 nitrogen and oxygen atoms in total. The number of benzene rings is 1. The number of ketones is 1. The number of nitrogens with zero attached hydrogens (tertiary/aromatic N) is 4. The van der Waals surface area contributed by atoms with Gasteiger partial charge in [0.25, 0.3) is 0 Å². The number of carbonyl (C=O) groups excluding carboxylic acids is 3. The summed E-state index contributed by atoms with van der Waals surface area (Å²) in [6, 6.07) is 6.73. The van der Waals surface area contributed by atoms with Gasteiger partial charge in [-0.3, -0.25) is 14.4 Å². The van der Waals surface area contributed by atoms with Crippen LogP contribution in [0.25, 0.3) is 0 Å². The number of hydrogen-bond donors (Lipinski definition) is 5. The van der Waals surface area contributed by atoms with Crippen LogP contribution in [0.15, 0.2) is 30.5 Å². The summed E-state index contributed by atoms with van der Waals surface area (Å²) >= 11 is 0. The molecule has 18 atom stereocenters. The lowest BCUT2D eigenvalue weighted by atomic mass is 9.67. The first kappa shape index (κ1) is 57.3. The molecule has 3 aliphatic heterocycles. The summed E-state index contributed by atoms with van der Waals surface area (Å²) in [4.78, 5) is 42.4. The molecular weight excluding hydrogens is 907 g/mol. The second kappa shape index (κ2) is 23.9. The zero-order valence-electron chi connectivity index (χ0n) is 43.9. The number of likely N-dealkylation sites (N-methyl/N-ethyl adjacent to an activating group) is 1. The van der Waals surface area contributed by atoms with Crippen LogP contribution in [0, 0.1) is 29.6 Å². The van der Waals surface area contributed by atoms with E-state index in [1.807, 2.05) is 40.1 Å². The molecule has 3 fully saturated rings. The van der Waals surface area contributed by atoms with Crippen molar-refractivity contribution in [2.24, 2.45) is 29.6 Å². The predicted octanol–water partition coefficient (Wildman–Crippen LogP) is 3.96.